The smallest absolute Gasteiger partial charge is 0.0962 e. The molecular weight excluding hydrogens is 272 g/mol. The van der Waals surface area contributed by atoms with Gasteiger partial charge in [-0.15, -0.1) is 6.58 Å². The third kappa shape index (κ3) is 3.66. The van der Waals surface area contributed by atoms with E-state index in [0.717, 1.165) is 24.1 Å². The van der Waals surface area contributed by atoms with E-state index in [4.69, 9.17) is 0 Å². The third-order valence-electron chi connectivity index (χ3n) is 4.14. The molecule has 3 nitrogen and oxygen atoms in total. The monoisotopic (exact) mass is 294 g/mol. The van der Waals surface area contributed by atoms with Gasteiger partial charge >= 0.3 is 0 Å². The molecule has 1 heterocycles. The summed E-state index contributed by atoms with van der Waals surface area (Å²) in [5.74, 6) is 0.0753. The van der Waals surface area contributed by atoms with E-state index in [9.17, 15) is 10.4 Å². The number of aliphatic hydroxyl groups is 1. The molecule has 114 valence electrons. The van der Waals surface area contributed by atoms with Crippen LogP contribution in [-0.4, -0.2) is 22.7 Å². The van der Waals surface area contributed by atoms with E-state index >= 15 is 0 Å². The van der Waals surface area contributed by atoms with E-state index in [1.807, 2.05) is 30.5 Å². The summed E-state index contributed by atoms with van der Waals surface area (Å²) in [6, 6.07) is 12.6. The maximum atomic E-state index is 9.46. The van der Waals surface area contributed by atoms with Gasteiger partial charge in [0.15, 0.2) is 0 Å². The van der Waals surface area contributed by atoms with Gasteiger partial charge in [-0.2, -0.15) is 5.26 Å². The lowest BCUT2D eigenvalue weighted by atomic mass is 9.81. The summed E-state index contributed by atoms with van der Waals surface area (Å²) in [6.07, 6.45) is 5.28. The molecule has 1 aromatic carbocycles. The minimum Gasteiger partial charge on any atom is -0.392 e. The second-order valence-electron chi connectivity index (χ2n) is 5.64. The molecule has 1 aliphatic heterocycles. The van der Waals surface area contributed by atoms with Gasteiger partial charge in [-0.05, 0) is 24.0 Å². The molecule has 2 rings (SSSR count). The van der Waals surface area contributed by atoms with Gasteiger partial charge in [0.05, 0.1) is 12.7 Å². The van der Waals surface area contributed by atoms with Crippen LogP contribution in [0.4, 0.5) is 0 Å². The third-order valence-corrected chi connectivity index (χ3v) is 4.14. The molecule has 0 unspecified atom stereocenters. The largest absolute Gasteiger partial charge is 0.392 e. The van der Waals surface area contributed by atoms with Crippen molar-refractivity contribution in [2.45, 2.75) is 25.4 Å². The Morgan fingerprint density at radius 3 is 2.73 bits per heavy atom. The Balaban J connectivity index is 2.31. The maximum Gasteiger partial charge on any atom is 0.0962 e. The van der Waals surface area contributed by atoms with E-state index in [2.05, 4.69) is 36.3 Å². The van der Waals surface area contributed by atoms with Crippen molar-refractivity contribution in [3.63, 3.8) is 0 Å². The van der Waals surface area contributed by atoms with Crippen LogP contribution in [0.1, 0.15) is 18.4 Å². The van der Waals surface area contributed by atoms with Gasteiger partial charge in [-0.1, -0.05) is 43.0 Å². The zero-order chi connectivity index (χ0) is 15.9. The number of nitriles is 1. The highest BCUT2D eigenvalue weighted by molar-refractivity contribution is 5.28. The van der Waals surface area contributed by atoms with E-state index in [1.165, 1.54) is 5.56 Å². The lowest BCUT2D eigenvalue weighted by Gasteiger charge is -2.40. The second-order valence-corrected chi connectivity index (χ2v) is 5.64. The highest BCUT2D eigenvalue weighted by Gasteiger charge is 2.31. The van der Waals surface area contributed by atoms with Gasteiger partial charge in [0, 0.05) is 30.3 Å². The summed E-state index contributed by atoms with van der Waals surface area (Å²) >= 11 is 0. The zero-order valence-electron chi connectivity index (χ0n) is 12.8. The Morgan fingerprint density at radius 2 is 2.14 bits per heavy atom. The predicted molar refractivity (Wildman–Crippen MR) is 88.6 cm³/mol. The first-order valence-corrected chi connectivity index (χ1v) is 7.49. The van der Waals surface area contributed by atoms with E-state index in [0.29, 0.717) is 6.42 Å². The Labute approximate surface area is 132 Å². The fourth-order valence-electron chi connectivity index (χ4n) is 2.99. The lowest BCUT2D eigenvalue weighted by molar-refractivity contribution is 0.182. The predicted octanol–water partition coefficient (Wildman–Crippen LogP) is 3.41. The van der Waals surface area contributed by atoms with Crippen LogP contribution in [0.2, 0.25) is 0 Å². The van der Waals surface area contributed by atoms with Crippen LogP contribution in [-0.2, 0) is 6.54 Å². The van der Waals surface area contributed by atoms with Gasteiger partial charge in [0.25, 0.3) is 0 Å². The Kier molecular flexibility index (Phi) is 5.57. The summed E-state index contributed by atoms with van der Waals surface area (Å²) < 4.78 is 0. The van der Waals surface area contributed by atoms with Crippen LogP contribution in [0.15, 0.2) is 66.9 Å². The molecule has 0 aromatic heterocycles. The average Bonchev–Trinajstić information content (AvgIpc) is 2.56. The minimum absolute atomic E-state index is 0.0454. The number of hydrogen-bond donors (Lipinski definition) is 1. The van der Waals surface area contributed by atoms with Crippen LogP contribution in [0, 0.1) is 17.2 Å². The average molecular weight is 294 g/mol. The van der Waals surface area contributed by atoms with Crippen molar-refractivity contribution >= 4 is 0 Å². The van der Waals surface area contributed by atoms with E-state index < -0.39 is 0 Å². The molecule has 0 fully saturated rings. The molecule has 3 heteroatoms. The van der Waals surface area contributed by atoms with E-state index in [-0.39, 0.29) is 18.6 Å². The molecule has 22 heavy (non-hydrogen) atoms. The molecule has 0 saturated carbocycles. The molecule has 1 aliphatic rings. The van der Waals surface area contributed by atoms with Crippen LogP contribution >= 0.6 is 0 Å². The number of allylic oxidation sites excluding steroid dienone is 1. The van der Waals surface area contributed by atoms with Crippen molar-refractivity contribution in [3.8, 4) is 6.07 Å². The van der Waals surface area contributed by atoms with Crippen LogP contribution in [0.3, 0.4) is 0 Å². The normalized spacial score (nSPS) is 20.9. The Hall–Kier alpha value is -2.31. The Bertz CT molecular complexity index is 598. The number of benzene rings is 1. The van der Waals surface area contributed by atoms with Gasteiger partial charge < -0.3 is 10.0 Å². The van der Waals surface area contributed by atoms with Gasteiger partial charge in [0.1, 0.15) is 0 Å². The summed E-state index contributed by atoms with van der Waals surface area (Å²) in [6.45, 7) is 8.53. The number of rotatable bonds is 6. The van der Waals surface area contributed by atoms with Crippen molar-refractivity contribution in [3.05, 3.63) is 72.5 Å². The zero-order valence-corrected chi connectivity index (χ0v) is 12.8. The van der Waals surface area contributed by atoms with Crippen molar-refractivity contribution < 1.29 is 5.11 Å². The highest BCUT2D eigenvalue weighted by Crippen LogP contribution is 2.33. The summed E-state index contributed by atoms with van der Waals surface area (Å²) in [5, 5.41) is 18.8. The molecule has 1 aromatic rings. The lowest BCUT2D eigenvalue weighted by Crippen LogP contribution is -2.41. The van der Waals surface area contributed by atoms with Crippen LogP contribution in [0.5, 0.6) is 0 Å². The summed E-state index contributed by atoms with van der Waals surface area (Å²) in [4.78, 5) is 2.19. The molecule has 2 atom stereocenters. The van der Waals surface area contributed by atoms with Crippen LogP contribution < -0.4 is 0 Å². The first-order valence-electron chi connectivity index (χ1n) is 7.49. The number of aliphatic hydroxyl groups excluding tert-OH is 1. The van der Waals surface area contributed by atoms with Crippen molar-refractivity contribution in [1.29, 1.82) is 5.26 Å². The first-order chi connectivity index (χ1) is 10.7. The molecule has 1 N–H and O–H groups in total. The quantitative estimate of drug-likeness (QED) is 0.818. The Morgan fingerprint density at radius 1 is 1.41 bits per heavy atom. The van der Waals surface area contributed by atoms with Gasteiger partial charge in [-0.25, -0.2) is 0 Å². The van der Waals surface area contributed by atoms with Crippen molar-refractivity contribution in [1.82, 2.24) is 4.90 Å². The first kappa shape index (κ1) is 16.1. The maximum absolute atomic E-state index is 9.46. The molecule has 0 radical (unpaired) electrons. The van der Waals surface area contributed by atoms with E-state index in [1.54, 1.807) is 0 Å². The summed E-state index contributed by atoms with van der Waals surface area (Å²) in [7, 11) is 0. The van der Waals surface area contributed by atoms with Crippen molar-refractivity contribution in [2.75, 3.05) is 6.61 Å². The summed E-state index contributed by atoms with van der Waals surface area (Å²) in [5.41, 5.74) is 2.71. The van der Waals surface area contributed by atoms with Gasteiger partial charge in [-0.3, -0.25) is 0 Å². The molecule has 0 aliphatic carbocycles. The molecule has 0 spiro atoms. The molecule has 0 amide bonds. The number of nitrogens with zero attached hydrogens (tertiary/aromatic N) is 2. The standard InChI is InChI=1S/C19H22N2O/c1-3-7-19-18(15(2)14-22)10-17(11-20)13-21(19)12-16-8-5-4-6-9-16/h3-6,8-9,13,18-19,22H,1-2,7,10,12,14H2/t18-,19-/m0/s1. The SMILES string of the molecule is C=CC[C@H]1[C@H](C(=C)CO)CC(C#N)=CN1Cc1ccccc1. The molecular formula is C19H22N2O. The highest BCUT2D eigenvalue weighted by atomic mass is 16.3. The topological polar surface area (TPSA) is 47.3 Å². The fourth-order valence-corrected chi connectivity index (χ4v) is 2.99. The van der Waals surface area contributed by atoms with Crippen LogP contribution in [0.25, 0.3) is 0 Å². The minimum atomic E-state index is -0.0454. The molecule has 0 saturated heterocycles. The fraction of sp³-hybridized carbons (Fsp3) is 0.316. The van der Waals surface area contributed by atoms with Crippen molar-refractivity contribution in [2.24, 2.45) is 5.92 Å². The molecule has 0 bridgehead atoms. The van der Waals surface area contributed by atoms with Gasteiger partial charge in [0.2, 0.25) is 0 Å². The second kappa shape index (κ2) is 7.63. The number of hydrogen-bond acceptors (Lipinski definition) is 3.